The molecule has 2 aliphatic heterocycles. The third-order valence-corrected chi connectivity index (χ3v) is 7.30. The molecule has 0 unspecified atom stereocenters. The van der Waals surface area contributed by atoms with E-state index in [-0.39, 0.29) is 6.10 Å². The molecule has 2 N–H and O–H groups in total. The Balaban J connectivity index is 1.26. The topological polar surface area (TPSA) is 51.1 Å². The summed E-state index contributed by atoms with van der Waals surface area (Å²) in [6, 6.07) is 8.97. The van der Waals surface area contributed by atoms with Crippen LogP contribution in [0.4, 0.5) is 0 Å². The predicted octanol–water partition coefficient (Wildman–Crippen LogP) is 3.37. The lowest BCUT2D eigenvalue weighted by molar-refractivity contribution is 0.0792. The summed E-state index contributed by atoms with van der Waals surface area (Å²) in [6.07, 6.45) is 10.1. The first-order valence-corrected chi connectivity index (χ1v) is 11.6. The van der Waals surface area contributed by atoms with E-state index in [2.05, 4.69) is 44.4 Å². The van der Waals surface area contributed by atoms with Crippen LogP contribution in [0.25, 0.3) is 0 Å². The maximum Gasteiger partial charge on any atom is 0.193 e. The van der Waals surface area contributed by atoms with Crippen molar-refractivity contribution in [3.8, 4) is 0 Å². The third kappa shape index (κ3) is 5.32. The second-order valence-corrected chi connectivity index (χ2v) is 9.46. The molecule has 0 radical (unpaired) electrons. The lowest BCUT2D eigenvalue weighted by Gasteiger charge is -2.33. The Labute approximate surface area is 176 Å². The molecule has 1 spiro atoms. The molecule has 3 aliphatic rings. The molecule has 0 atom stereocenters. The zero-order chi connectivity index (χ0) is 20.1. The summed E-state index contributed by atoms with van der Waals surface area (Å²) < 4.78 is 0. The van der Waals surface area contributed by atoms with E-state index in [9.17, 15) is 5.11 Å². The highest BCUT2D eigenvalue weighted by atomic mass is 16.3. The Morgan fingerprint density at radius 3 is 2.41 bits per heavy atom. The molecule has 3 fully saturated rings. The van der Waals surface area contributed by atoms with Gasteiger partial charge in [0.25, 0.3) is 0 Å². The molecule has 0 amide bonds. The normalized spacial score (nSPS) is 23.7. The molecule has 4 rings (SSSR count). The van der Waals surface area contributed by atoms with Crippen LogP contribution in [-0.2, 0) is 13.1 Å². The van der Waals surface area contributed by atoms with Gasteiger partial charge in [0.1, 0.15) is 0 Å². The van der Waals surface area contributed by atoms with E-state index in [0.717, 1.165) is 51.5 Å². The highest BCUT2D eigenvalue weighted by Crippen LogP contribution is 2.43. The number of hydrogen-bond donors (Lipinski definition) is 2. The van der Waals surface area contributed by atoms with Gasteiger partial charge < -0.3 is 15.3 Å². The van der Waals surface area contributed by atoms with Crippen LogP contribution in [0.15, 0.2) is 29.3 Å². The van der Waals surface area contributed by atoms with Crippen LogP contribution in [0.1, 0.15) is 62.5 Å². The minimum absolute atomic E-state index is 0.0993. The fourth-order valence-corrected chi connectivity index (χ4v) is 5.44. The summed E-state index contributed by atoms with van der Waals surface area (Å²) in [5.74, 6) is 1.06. The lowest BCUT2D eigenvalue weighted by Crippen LogP contribution is -2.41. The van der Waals surface area contributed by atoms with Gasteiger partial charge in [-0.05, 0) is 48.6 Å². The van der Waals surface area contributed by atoms with Gasteiger partial charge in [-0.2, -0.15) is 0 Å². The van der Waals surface area contributed by atoms with Gasteiger partial charge in [-0.3, -0.25) is 9.89 Å². The average molecular weight is 399 g/mol. The van der Waals surface area contributed by atoms with Crippen molar-refractivity contribution in [1.82, 2.24) is 15.1 Å². The summed E-state index contributed by atoms with van der Waals surface area (Å²) in [5.41, 5.74) is 3.21. The second-order valence-electron chi connectivity index (χ2n) is 9.46. The Morgan fingerprint density at radius 2 is 1.72 bits per heavy atom. The van der Waals surface area contributed by atoms with Gasteiger partial charge >= 0.3 is 0 Å². The fourth-order valence-electron chi connectivity index (χ4n) is 5.44. The number of nitrogens with one attached hydrogen (secondary N) is 1. The fraction of sp³-hybridized carbons (Fsp3) is 0.708. The number of aliphatic hydroxyl groups excluding tert-OH is 1. The van der Waals surface area contributed by atoms with Crippen molar-refractivity contribution in [2.75, 3.05) is 33.2 Å². The minimum Gasteiger partial charge on any atom is -0.393 e. The van der Waals surface area contributed by atoms with E-state index >= 15 is 0 Å². The van der Waals surface area contributed by atoms with Crippen LogP contribution in [0, 0.1) is 5.41 Å². The van der Waals surface area contributed by atoms with Crippen molar-refractivity contribution in [3.05, 3.63) is 35.4 Å². The van der Waals surface area contributed by atoms with Crippen molar-refractivity contribution in [3.63, 3.8) is 0 Å². The van der Waals surface area contributed by atoms with Crippen LogP contribution >= 0.6 is 0 Å². The standard InChI is InChI=1S/C24H38N4O/c1-25-23(28-16-13-24(19-28)11-3-2-4-12-24)26-17-20-5-7-21(8-6-20)18-27-14-9-22(29)10-15-27/h5-8,22,29H,2-4,9-19H2,1H3,(H,25,26). The largest absolute Gasteiger partial charge is 0.393 e. The van der Waals surface area contributed by atoms with Crippen molar-refractivity contribution >= 4 is 5.96 Å². The van der Waals surface area contributed by atoms with Crippen LogP contribution in [0.3, 0.4) is 0 Å². The van der Waals surface area contributed by atoms with Gasteiger partial charge in [-0.25, -0.2) is 0 Å². The first kappa shape index (κ1) is 20.7. The number of hydrogen-bond acceptors (Lipinski definition) is 3. The number of aliphatic imine (C=N–C) groups is 1. The Kier molecular flexibility index (Phi) is 6.76. The molecule has 2 heterocycles. The summed E-state index contributed by atoms with van der Waals surface area (Å²) in [5, 5.41) is 13.3. The van der Waals surface area contributed by atoms with Crippen LogP contribution in [0.2, 0.25) is 0 Å². The number of nitrogens with zero attached hydrogens (tertiary/aromatic N) is 3. The van der Waals surface area contributed by atoms with Crippen LogP contribution in [0.5, 0.6) is 0 Å². The molecule has 1 aromatic rings. The molecule has 1 aliphatic carbocycles. The molecule has 29 heavy (non-hydrogen) atoms. The molecule has 2 saturated heterocycles. The maximum atomic E-state index is 9.66. The molecule has 160 valence electrons. The molecule has 5 nitrogen and oxygen atoms in total. The summed E-state index contributed by atoms with van der Waals surface area (Å²) >= 11 is 0. The highest BCUT2D eigenvalue weighted by molar-refractivity contribution is 5.80. The zero-order valence-corrected chi connectivity index (χ0v) is 18.1. The zero-order valence-electron chi connectivity index (χ0n) is 18.1. The molecule has 0 aromatic heterocycles. The Bertz CT molecular complexity index is 673. The first-order chi connectivity index (χ1) is 14.2. The summed E-state index contributed by atoms with van der Waals surface area (Å²) in [6.45, 7) is 6.12. The van der Waals surface area contributed by atoms with E-state index in [1.807, 2.05) is 7.05 Å². The monoisotopic (exact) mass is 398 g/mol. The maximum absolute atomic E-state index is 9.66. The average Bonchev–Trinajstić information content (AvgIpc) is 3.15. The minimum atomic E-state index is -0.0993. The number of rotatable bonds is 4. The Hall–Kier alpha value is -1.59. The summed E-state index contributed by atoms with van der Waals surface area (Å²) in [4.78, 5) is 9.49. The number of aliphatic hydroxyl groups is 1. The summed E-state index contributed by atoms with van der Waals surface area (Å²) in [7, 11) is 1.91. The first-order valence-electron chi connectivity index (χ1n) is 11.6. The number of guanidine groups is 1. The molecule has 1 aromatic carbocycles. The SMILES string of the molecule is CN=C(NCc1ccc(CN2CCC(O)CC2)cc1)N1CCC2(CCCCC2)C1. The molecular weight excluding hydrogens is 360 g/mol. The van der Waals surface area contributed by atoms with Gasteiger partial charge in [-0.15, -0.1) is 0 Å². The molecule has 0 bridgehead atoms. The van der Waals surface area contributed by atoms with E-state index in [0.29, 0.717) is 5.41 Å². The van der Waals surface area contributed by atoms with Gasteiger partial charge in [0.05, 0.1) is 6.10 Å². The molecule has 1 saturated carbocycles. The van der Waals surface area contributed by atoms with Crippen LogP contribution < -0.4 is 5.32 Å². The van der Waals surface area contributed by atoms with Gasteiger partial charge in [0.2, 0.25) is 0 Å². The van der Waals surface area contributed by atoms with Crippen molar-refractivity contribution in [1.29, 1.82) is 0 Å². The predicted molar refractivity (Wildman–Crippen MR) is 119 cm³/mol. The van der Waals surface area contributed by atoms with Gasteiger partial charge in [-0.1, -0.05) is 43.5 Å². The van der Waals surface area contributed by atoms with E-state index < -0.39 is 0 Å². The van der Waals surface area contributed by atoms with Gasteiger partial charge in [0.15, 0.2) is 5.96 Å². The number of piperidine rings is 1. The molecular formula is C24H38N4O. The van der Waals surface area contributed by atoms with Gasteiger partial charge in [0, 0.05) is 46.3 Å². The van der Waals surface area contributed by atoms with Crippen molar-refractivity contribution < 1.29 is 5.11 Å². The second kappa shape index (κ2) is 9.48. The van der Waals surface area contributed by atoms with E-state index in [1.165, 1.54) is 56.2 Å². The van der Waals surface area contributed by atoms with Crippen molar-refractivity contribution in [2.45, 2.75) is 70.6 Å². The smallest absolute Gasteiger partial charge is 0.193 e. The number of benzene rings is 1. The quantitative estimate of drug-likeness (QED) is 0.603. The number of likely N-dealkylation sites (tertiary alicyclic amines) is 2. The Morgan fingerprint density at radius 1 is 1.03 bits per heavy atom. The lowest BCUT2D eigenvalue weighted by atomic mass is 9.73. The third-order valence-electron chi connectivity index (χ3n) is 7.30. The van der Waals surface area contributed by atoms with E-state index in [1.54, 1.807) is 0 Å². The van der Waals surface area contributed by atoms with Crippen molar-refractivity contribution in [2.24, 2.45) is 10.4 Å². The molecule has 5 heteroatoms. The van der Waals surface area contributed by atoms with Crippen LogP contribution in [-0.4, -0.2) is 60.2 Å². The van der Waals surface area contributed by atoms with E-state index in [4.69, 9.17) is 0 Å². The highest BCUT2D eigenvalue weighted by Gasteiger charge is 2.39.